The van der Waals surface area contributed by atoms with Gasteiger partial charge in [-0.1, -0.05) is 63.5 Å². The molecule has 0 atom stereocenters. The van der Waals surface area contributed by atoms with Crippen molar-refractivity contribution in [1.82, 2.24) is 5.32 Å². The van der Waals surface area contributed by atoms with Crippen LogP contribution >= 0.6 is 27.5 Å². The summed E-state index contributed by atoms with van der Waals surface area (Å²) in [5.74, 6) is -0.0627. The average molecular weight is 375 g/mol. The van der Waals surface area contributed by atoms with Crippen LogP contribution in [0, 0.1) is 0 Å². The molecule has 0 aliphatic carbocycles. The summed E-state index contributed by atoms with van der Waals surface area (Å²) in [6.45, 7) is 2.97. The van der Waals surface area contributed by atoms with Crippen molar-refractivity contribution in [1.29, 1.82) is 0 Å². The number of amides is 1. The molecule has 0 fully saturated rings. The summed E-state index contributed by atoms with van der Waals surface area (Å²) in [6, 6.07) is 5.25. The number of carbonyl (C=O) groups excluding carboxylic acids is 1. The Kier molecular flexibility index (Phi) is 9.77. The van der Waals surface area contributed by atoms with E-state index in [4.69, 9.17) is 11.6 Å². The second-order valence-electron chi connectivity index (χ2n) is 5.35. The van der Waals surface area contributed by atoms with Gasteiger partial charge in [0.15, 0.2) is 0 Å². The summed E-state index contributed by atoms with van der Waals surface area (Å²) in [6.07, 6.45) is 10.1. The molecule has 4 heteroatoms. The molecule has 0 bridgehead atoms. The summed E-state index contributed by atoms with van der Waals surface area (Å²) in [5.41, 5.74) is 0.599. The Morgan fingerprint density at radius 1 is 1.10 bits per heavy atom. The summed E-state index contributed by atoms with van der Waals surface area (Å²) in [5, 5.41) is 3.53. The van der Waals surface area contributed by atoms with E-state index < -0.39 is 0 Å². The number of benzene rings is 1. The van der Waals surface area contributed by atoms with Crippen LogP contribution in [0.1, 0.15) is 68.6 Å². The highest BCUT2D eigenvalue weighted by atomic mass is 79.9. The van der Waals surface area contributed by atoms with Crippen LogP contribution in [0.5, 0.6) is 0 Å². The largest absolute Gasteiger partial charge is 0.352 e. The third-order valence-electron chi connectivity index (χ3n) is 3.49. The van der Waals surface area contributed by atoms with Gasteiger partial charge >= 0.3 is 0 Å². The van der Waals surface area contributed by atoms with Gasteiger partial charge in [-0.15, -0.1) is 0 Å². The molecule has 118 valence electrons. The van der Waals surface area contributed by atoms with Gasteiger partial charge in [-0.2, -0.15) is 0 Å². The highest BCUT2D eigenvalue weighted by molar-refractivity contribution is 9.10. The topological polar surface area (TPSA) is 29.1 Å². The number of rotatable bonds is 10. The maximum absolute atomic E-state index is 12.0. The summed E-state index contributed by atoms with van der Waals surface area (Å²) < 4.78 is 0.778. The number of unbranched alkanes of at least 4 members (excludes halogenated alkanes) is 7. The van der Waals surface area contributed by atoms with Gasteiger partial charge in [0.05, 0.1) is 5.56 Å². The minimum atomic E-state index is -0.0627. The lowest BCUT2D eigenvalue weighted by Gasteiger charge is -2.07. The fourth-order valence-electron chi connectivity index (χ4n) is 2.23. The Hall–Kier alpha value is -0.540. The Bertz CT molecular complexity index is 437. The molecule has 0 spiro atoms. The highest BCUT2D eigenvalue weighted by Gasteiger charge is 2.09. The fourth-order valence-corrected chi connectivity index (χ4v) is 2.83. The zero-order valence-corrected chi connectivity index (χ0v) is 15.1. The normalized spacial score (nSPS) is 10.6. The van der Waals surface area contributed by atoms with Crippen LogP contribution in [0.25, 0.3) is 0 Å². The van der Waals surface area contributed by atoms with E-state index >= 15 is 0 Å². The van der Waals surface area contributed by atoms with E-state index in [9.17, 15) is 4.79 Å². The maximum Gasteiger partial charge on any atom is 0.252 e. The third-order valence-corrected chi connectivity index (χ3v) is 4.42. The molecule has 2 nitrogen and oxygen atoms in total. The number of nitrogens with one attached hydrogen (secondary N) is 1. The zero-order chi connectivity index (χ0) is 15.5. The van der Waals surface area contributed by atoms with Crippen molar-refractivity contribution < 1.29 is 4.79 Å². The van der Waals surface area contributed by atoms with Gasteiger partial charge in [0, 0.05) is 16.0 Å². The molecule has 0 aliphatic rings. The van der Waals surface area contributed by atoms with Gasteiger partial charge in [-0.3, -0.25) is 4.79 Å². The SMILES string of the molecule is CCCCCCCCCCNC(=O)c1cc(Cl)ccc1Br. The predicted molar refractivity (Wildman–Crippen MR) is 94.1 cm³/mol. The summed E-state index contributed by atoms with van der Waals surface area (Å²) in [4.78, 5) is 12.0. The van der Waals surface area contributed by atoms with Crippen molar-refractivity contribution in [3.8, 4) is 0 Å². The number of hydrogen-bond acceptors (Lipinski definition) is 1. The molecule has 1 aromatic rings. The van der Waals surface area contributed by atoms with Gasteiger partial charge in [-0.25, -0.2) is 0 Å². The van der Waals surface area contributed by atoms with Crippen LogP contribution in [0.3, 0.4) is 0 Å². The molecule has 0 saturated heterocycles. The van der Waals surface area contributed by atoms with E-state index in [2.05, 4.69) is 28.2 Å². The fraction of sp³-hybridized carbons (Fsp3) is 0.588. The van der Waals surface area contributed by atoms with E-state index in [-0.39, 0.29) is 5.91 Å². The number of hydrogen-bond donors (Lipinski definition) is 1. The lowest BCUT2D eigenvalue weighted by Crippen LogP contribution is -2.24. The van der Waals surface area contributed by atoms with Gasteiger partial charge < -0.3 is 5.32 Å². The molecular weight excluding hydrogens is 350 g/mol. The molecule has 0 heterocycles. The minimum Gasteiger partial charge on any atom is -0.352 e. The van der Waals surface area contributed by atoms with Gasteiger partial charge in [0.25, 0.3) is 5.91 Å². The first-order valence-corrected chi connectivity index (χ1v) is 9.05. The van der Waals surface area contributed by atoms with Crippen LogP contribution in [-0.4, -0.2) is 12.5 Å². The van der Waals surface area contributed by atoms with Crippen molar-refractivity contribution >= 4 is 33.4 Å². The van der Waals surface area contributed by atoms with Crippen molar-refractivity contribution in [2.24, 2.45) is 0 Å². The molecule has 0 aromatic heterocycles. The quantitative estimate of drug-likeness (QED) is 0.502. The lowest BCUT2D eigenvalue weighted by atomic mass is 10.1. The van der Waals surface area contributed by atoms with Gasteiger partial charge in [0.1, 0.15) is 0 Å². The molecule has 0 aliphatic heterocycles. The van der Waals surface area contributed by atoms with Crippen LogP contribution < -0.4 is 5.32 Å². The molecule has 0 radical (unpaired) electrons. The van der Waals surface area contributed by atoms with E-state index in [0.29, 0.717) is 10.6 Å². The Labute approximate surface area is 141 Å². The average Bonchev–Trinajstić information content (AvgIpc) is 2.48. The summed E-state index contributed by atoms with van der Waals surface area (Å²) in [7, 11) is 0. The van der Waals surface area contributed by atoms with Crippen LogP contribution in [-0.2, 0) is 0 Å². The van der Waals surface area contributed by atoms with Crippen LogP contribution in [0.15, 0.2) is 22.7 Å². The molecule has 1 rings (SSSR count). The molecule has 0 unspecified atom stereocenters. The monoisotopic (exact) mass is 373 g/mol. The van der Waals surface area contributed by atoms with E-state index in [1.165, 1.54) is 44.9 Å². The predicted octanol–water partition coefficient (Wildman–Crippen LogP) is 5.97. The van der Waals surface area contributed by atoms with E-state index in [1.54, 1.807) is 18.2 Å². The highest BCUT2D eigenvalue weighted by Crippen LogP contribution is 2.21. The Morgan fingerprint density at radius 2 is 1.71 bits per heavy atom. The molecule has 1 N–H and O–H groups in total. The van der Waals surface area contributed by atoms with Crippen molar-refractivity contribution in [3.63, 3.8) is 0 Å². The standard InChI is InChI=1S/C17H25BrClNO/c1-2-3-4-5-6-7-8-9-12-20-17(21)15-13-14(19)10-11-16(15)18/h10-11,13H,2-9,12H2,1H3,(H,20,21). The first-order valence-electron chi connectivity index (χ1n) is 7.88. The second-order valence-corrected chi connectivity index (χ2v) is 6.65. The maximum atomic E-state index is 12.0. The second kappa shape index (κ2) is 11.1. The zero-order valence-electron chi connectivity index (χ0n) is 12.8. The lowest BCUT2D eigenvalue weighted by molar-refractivity contribution is 0.0952. The van der Waals surface area contributed by atoms with E-state index in [1.807, 2.05) is 0 Å². The van der Waals surface area contributed by atoms with Crippen molar-refractivity contribution in [2.75, 3.05) is 6.54 Å². The molecule has 1 amide bonds. The molecular formula is C17H25BrClNO. The smallest absolute Gasteiger partial charge is 0.252 e. The third kappa shape index (κ3) is 7.87. The van der Waals surface area contributed by atoms with E-state index in [0.717, 1.165) is 17.4 Å². The Balaban J connectivity index is 2.12. The van der Waals surface area contributed by atoms with Crippen molar-refractivity contribution in [2.45, 2.75) is 58.3 Å². The first-order chi connectivity index (χ1) is 10.1. The first kappa shape index (κ1) is 18.5. The van der Waals surface area contributed by atoms with Gasteiger partial charge in [-0.05, 0) is 40.5 Å². The van der Waals surface area contributed by atoms with Crippen LogP contribution in [0.2, 0.25) is 5.02 Å². The van der Waals surface area contributed by atoms with Gasteiger partial charge in [0.2, 0.25) is 0 Å². The molecule has 21 heavy (non-hydrogen) atoms. The van der Waals surface area contributed by atoms with Crippen LogP contribution in [0.4, 0.5) is 0 Å². The minimum absolute atomic E-state index is 0.0627. The number of halogens is 2. The van der Waals surface area contributed by atoms with Crippen molar-refractivity contribution in [3.05, 3.63) is 33.3 Å². The number of carbonyl (C=O) groups is 1. The Morgan fingerprint density at radius 3 is 2.38 bits per heavy atom. The molecule has 1 aromatic carbocycles. The summed E-state index contributed by atoms with van der Waals surface area (Å²) >= 11 is 9.29. The molecule has 0 saturated carbocycles.